The SMILES string of the molecule is COc1cc(C(C)C)ccc1C(N)CO. The molecule has 0 bridgehead atoms. The summed E-state index contributed by atoms with van der Waals surface area (Å²) in [6.07, 6.45) is 0. The van der Waals surface area contributed by atoms with Crippen molar-refractivity contribution in [3.8, 4) is 5.75 Å². The van der Waals surface area contributed by atoms with Crippen LogP contribution in [0.2, 0.25) is 0 Å². The lowest BCUT2D eigenvalue weighted by Crippen LogP contribution is -2.15. The van der Waals surface area contributed by atoms with Gasteiger partial charge in [-0.3, -0.25) is 0 Å². The van der Waals surface area contributed by atoms with Gasteiger partial charge in [-0.1, -0.05) is 26.0 Å². The quantitative estimate of drug-likeness (QED) is 0.795. The number of methoxy groups -OCH3 is 1. The van der Waals surface area contributed by atoms with Gasteiger partial charge in [-0.15, -0.1) is 0 Å². The topological polar surface area (TPSA) is 55.5 Å². The molecule has 1 aromatic rings. The lowest BCUT2D eigenvalue weighted by atomic mass is 9.98. The fourth-order valence-corrected chi connectivity index (χ4v) is 1.49. The highest BCUT2D eigenvalue weighted by atomic mass is 16.5. The highest BCUT2D eigenvalue weighted by molar-refractivity contribution is 5.40. The van der Waals surface area contributed by atoms with E-state index in [1.807, 2.05) is 18.2 Å². The molecule has 0 fully saturated rings. The van der Waals surface area contributed by atoms with Crippen molar-refractivity contribution in [2.45, 2.75) is 25.8 Å². The van der Waals surface area contributed by atoms with Gasteiger partial charge in [0.15, 0.2) is 0 Å². The molecule has 0 saturated heterocycles. The molecule has 15 heavy (non-hydrogen) atoms. The molecule has 1 atom stereocenters. The van der Waals surface area contributed by atoms with E-state index in [9.17, 15) is 0 Å². The maximum absolute atomic E-state index is 9.01. The van der Waals surface area contributed by atoms with Crippen molar-refractivity contribution in [3.63, 3.8) is 0 Å². The van der Waals surface area contributed by atoms with Gasteiger partial charge in [0.25, 0.3) is 0 Å². The Kier molecular flexibility index (Phi) is 4.12. The van der Waals surface area contributed by atoms with E-state index in [-0.39, 0.29) is 12.6 Å². The molecule has 1 aromatic carbocycles. The third-order valence-electron chi connectivity index (χ3n) is 2.52. The van der Waals surface area contributed by atoms with Gasteiger partial charge >= 0.3 is 0 Å². The number of ether oxygens (including phenoxy) is 1. The van der Waals surface area contributed by atoms with Crippen LogP contribution in [0.15, 0.2) is 18.2 Å². The first kappa shape index (κ1) is 12.0. The minimum Gasteiger partial charge on any atom is -0.496 e. The van der Waals surface area contributed by atoms with Gasteiger partial charge in [-0.2, -0.15) is 0 Å². The van der Waals surface area contributed by atoms with Crippen LogP contribution in [0.4, 0.5) is 0 Å². The van der Waals surface area contributed by atoms with Crippen LogP contribution < -0.4 is 10.5 Å². The molecular weight excluding hydrogens is 190 g/mol. The van der Waals surface area contributed by atoms with Crippen LogP contribution in [0.1, 0.15) is 36.9 Å². The van der Waals surface area contributed by atoms with Gasteiger partial charge < -0.3 is 15.6 Å². The normalized spacial score (nSPS) is 12.9. The molecule has 0 aromatic heterocycles. The number of aliphatic hydroxyl groups excluding tert-OH is 1. The van der Waals surface area contributed by atoms with Gasteiger partial charge in [-0.25, -0.2) is 0 Å². The number of aliphatic hydroxyl groups is 1. The second-order valence-corrected chi connectivity index (χ2v) is 3.95. The average Bonchev–Trinajstić information content (AvgIpc) is 2.27. The van der Waals surface area contributed by atoms with Gasteiger partial charge in [0.2, 0.25) is 0 Å². The van der Waals surface area contributed by atoms with Gasteiger partial charge in [-0.05, 0) is 17.5 Å². The molecule has 0 spiro atoms. The van der Waals surface area contributed by atoms with Crippen molar-refractivity contribution in [1.29, 1.82) is 0 Å². The maximum atomic E-state index is 9.01. The maximum Gasteiger partial charge on any atom is 0.123 e. The van der Waals surface area contributed by atoms with E-state index in [0.717, 1.165) is 11.3 Å². The second-order valence-electron chi connectivity index (χ2n) is 3.95. The van der Waals surface area contributed by atoms with E-state index in [4.69, 9.17) is 15.6 Å². The van der Waals surface area contributed by atoms with E-state index >= 15 is 0 Å². The average molecular weight is 209 g/mol. The molecule has 0 aliphatic heterocycles. The minimum absolute atomic E-state index is 0.0720. The summed E-state index contributed by atoms with van der Waals surface area (Å²) < 4.78 is 5.27. The lowest BCUT2D eigenvalue weighted by molar-refractivity contribution is 0.264. The molecular formula is C12H19NO2. The van der Waals surface area contributed by atoms with Crippen molar-refractivity contribution in [2.75, 3.05) is 13.7 Å². The van der Waals surface area contributed by atoms with Crippen molar-refractivity contribution in [3.05, 3.63) is 29.3 Å². The first-order valence-electron chi connectivity index (χ1n) is 5.14. The summed E-state index contributed by atoms with van der Waals surface area (Å²) in [6, 6.07) is 5.56. The Labute approximate surface area is 90.9 Å². The predicted octanol–water partition coefficient (Wildman–Crippen LogP) is 1.81. The Bertz CT molecular complexity index is 323. The second kappa shape index (κ2) is 5.14. The van der Waals surface area contributed by atoms with Crippen molar-refractivity contribution in [2.24, 2.45) is 5.73 Å². The zero-order chi connectivity index (χ0) is 11.4. The molecule has 0 saturated carbocycles. The summed E-state index contributed by atoms with van der Waals surface area (Å²) in [7, 11) is 1.62. The predicted molar refractivity (Wildman–Crippen MR) is 61.1 cm³/mol. The van der Waals surface area contributed by atoms with Gasteiger partial charge in [0, 0.05) is 5.56 Å². The standard InChI is InChI=1S/C12H19NO2/c1-8(2)9-4-5-10(11(13)7-14)12(6-9)15-3/h4-6,8,11,14H,7,13H2,1-3H3. The van der Waals surface area contributed by atoms with Crippen LogP contribution in [0.3, 0.4) is 0 Å². The highest BCUT2D eigenvalue weighted by Gasteiger charge is 2.12. The Morgan fingerprint density at radius 3 is 2.53 bits per heavy atom. The molecule has 3 heteroatoms. The van der Waals surface area contributed by atoms with Crippen LogP contribution in [0.5, 0.6) is 5.75 Å². The largest absolute Gasteiger partial charge is 0.496 e. The van der Waals surface area contributed by atoms with Crippen LogP contribution in [0.25, 0.3) is 0 Å². The van der Waals surface area contributed by atoms with Crippen LogP contribution in [-0.2, 0) is 0 Å². The monoisotopic (exact) mass is 209 g/mol. The summed E-state index contributed by atoms with van der Waals surface area (Å²) in [6.45, 7) is 4.18. The molecule has 1 unspecified atom stereocenters. The molecule has 3 N–H and O–H groups in total. The third kappa shape index (κ3) is 2.70. The molecule has 0 aliphatic rings. The number of hydrogen-bond acceptors (Lipinski definition) is 3. The lowest BCUT2D eigenvalue weighted by Gasteiger charge is -2.16. The zero-order valence-corrected chi connectivity index (χ0v) is 9.53. The summed E-state index contributed by atoms with van der Waals surface area (Å²) in [5, 5.41) is 9.01. The molecule has 0 aliphatic carbocycles. The Morgan fingerprint density at radius 2 is 2.07 bits per heavy atom. The van der Waals surface area contributed by atoms with E-state index in [1.165, 1.54) is 5.56 Å². The smallest absolute Gasteiger partial charge is 0.123 e. The first-order chi connectivity index (χ1) is 7.10. The van der Waals surface area contributed by atoms with Crippen LogP contribution in [0, 0.1) is 0 Å². The van der Waals surface area contributed by atoms with E-state index in [1.54, 1.807) is 7.11 Å². The number of hydrogen-bond donors (Lipinski definition) is 2. The molecule has 0 amide bonds. The number of benzene rings is 1. The first-order valence-corrected chi connectivity index (χ1v) is 5.14. The summed E-state index contributed by atoms with van der Waals surface area (Å²) >= 11 is 0. The third-order valence-corrected chi connectivity index (χ3v) is 2.52. The van der Waals surface area contributed by atoms with Crippen molar-refractivity contribution in [1.82, 2.24) is 0 Å². The highest BCUT2D eigenvalue weighted by Crippen LogP contribution is 2.27. The van der Waals surface area contributed by atoms with E-state index in [2.05, 4.69) is 13.8 Å². The van der Waals surface area contributed by atoms with Gasteiger partial charge in [0.05, 0.1) is 19.8 Å². The van der Waals surface area contributed by atoms with Gasteiger partial charge in [0.1, 0.15) is 5.75 Å². The van der Waals surface area contributed by atoms with E-state index < -0.39 is 0 Å². The molecule has 3 nitrogen and oxygen atoms in total. The fourth-order valence-electron chi connectivity index (χ4n) is 1.49. The Hall–Kier alpha value is -1.06. The van der Waals surface area contributed by atoms with E-state index in [0.29, 0.717) is 5.92 Å². The zero-order valence-electron chi connectivity index (χ0n) is 9.53. The molecule has 1 rings (SSSR count). The fraction of sp³-hybridized carbons (Fsp3) is 0.500. The Morgan fingerprint density at radius 1 is 1.40 bits per heavy atom. The van der Waals surface area contributed by atoms with Crippen LogP contribution in [-0.4, -0.2) is 18.8 Å². The molecule has 0 radical (unpaired) electrons. The van der Waals surface area contributed by atoms with Crippen molar-refractivity contribution >= 4 is 0 Å². The van der Waals surface area contributed by atoms with Crippen molar-refractivity contribution < 1.29 is 9.84 Å². The van der Waals surface area contributed by atoms with Crippen LogP contribution >= 0.6 is 0 Å². The number of rotatable bonds is 4. The summed E-state index contributed by atoms with van der Waals surface area (Å²) in [5.41, 5.74) is 7.83. The molecule has 84 valence electrons. The number of nitrogens with two attached hydrogens (primary N) is 1. The minimum atomic E-state index is -0.374. The Balaban J connectivity index is 3.09. The summed E-state index contributed by atoms with van der Waals surface area (Å²) in [5.74, 6) is 1.21. The molecule has 0 heterocycles. The summed E-state index contributed by atoms with van der Waals surface area (Å²) in [4.78, 5) is 0.